The zero-order valence-electron chi connectivity index (χ0n) is 11.1. The van der Waals surface area contributed by atoms with E-state index in [1.165, 1.54) is 0 Å². The average Bonchev–Trinajstić information content (AvgIpc) is 3.00. The molecule has 0 unspecified atom stereocenters. The van der Waals surface area contributed by atoms with Gasteiger partial charge in [0.2, 0.25) is 0 Å². The van der Waals surface area contributed by atoms with Gasteiger partial charge < -0.3 is 5.32 Å². The van der Waals surface area contributed by atoms with Crippen molar-refractivity contribution in [3.63, 3.8) is 0 Å². The molecule has 0 radical (unpaired) electrons. The number of fused-ring (bicyclic) bond motifs is 1. The Morgan fingerprint density at radius 1 is 1.45 bits per heavy atom. The van der Waals surface area contributed by atoms with Crippen molar-refractivity contribution < 1.29 is 0 Å². The van der Waals surface area contributed by atoms with Crippen LogP contribution in [-0.4, -0.2) is 36.3 Å². The van der Waals surface area contributed by atoms with Crippen LogP contribution in [-0.2, 0) is 6.42 Å². The van der Waals surface area contributed by atoms with Gasteiger partial charge >= 0.3 is 5.69 Å². The van der Waals surface area contributed by atoms with E-state index in [4.69, 9.17) is 0 Å². The summed E-state index contributed by atoms with van der Waals surface area (Å²) in [6.45, 7) is 2.69. The molecule has 3 rings (SSSR count). The highest BCUT2D eigenvalue weighted by Gasteiger charge is 2.04. The second-order valence-corrected chi connectivity index (χ2v) is 4.55. The van der Waals surface area contributed by atoms with Gasteiger partial charge in [0.1, 0.15) is 11.3 Å². The lowest BCUT2D eigenvalue weighted by atomic mass is 10.3. The number of nitrogens with zero attached hydrogens (tertiary/aromatic N) is 4. The van der Waals surface area contributed by atoms with Crippen LogP contribution >= 0.6 is 0 Å². The van der Waals surface area contributed by atoms with Crippen molar-refractivity contribution in [2.24, 2.45) is 0 Å². The molecule has 0 fully saturated rings. The lowest BCUT2D eigenvalue weighted by molar-refractivity contribution is 0.802. The molecule has 3 heterocycles. The average molecular weight is 273 g/mol. The summed E-state index contributed by atoms with van der Waals surface area (Å²) >= 11 is 0. The molecule has 0 bridgehead atoms. The Morgan fingerprint density at radius 2 is 2.35 bits per heavy atom. The molecule has 0 amide bonds. The molecule has 0 aliphatic carbocycles. The standard InChI is InChI=1S/C12H15N7O/c1-8-7-9-11(14-5-6-19(9)18-8)13-4-2-3-10-15-12(20)17-16-10/h5-7H,2-4H2,1H3,(H,13,14)(H2,15,16,17,20). The fourth-order valence-corrected chi connectivity index (χ4v) is 2.07. The third-order valence-electron chi connectivity index (χ3n) is 2.95. The molecule has 3 aromatic rings. The van der Waals surface area contributed by atoms with Gasteiger partial charge in [0, 0.05) is 25.4 Å². The van der Waals surface area contributed by atoms with Crippen molar-refractivity contribution in [3.8, 4) is 0 Å². The minimum atomic E-state index is -0.269. The molecule has 104 valence electrons. The smallest absolute Gasteiger partial charge is 0.340 e. The summed E-state index contributed by atoms with van der Waals surface area (Å²) in [5.74, 6) is 1.48. The van der Waals surface area contributed by atoms with Crippen molar-refractivity contribution in [1.29, 1.82) is 0 Å². The van der Waals surface area contributed by atoms with Crippen LogP contribution in [0.3, 0.4) is 0 Å². The van der Waals surface area contributed by atoms with Crippen molar-refractivity contribution in [1.82, 2.24) is 29.8 Å². The summed E-state index contributed by atoms with van der Waals surface area (Å²) in [6, 6.07) is 1.99. The maximum atomic E-state index is 10.9. The van der Waals surface area contributed by atoms with Gasteiger partial charge in [-0.15, -0.1) is 0 Å². The summed E-state index contributed by atoms with van der Waals surface area (Å²) in [5, 5.41) is 13.8. The topological polar surface area (TPSA) is 104 Å². The highest BCUT2D eigenvalue weighted by atomic mass is 16.1. The highest BCUT2D eigenvalue weighted by Crippen LogP contribution is 2.14. The molecule has 0 saturated carbocycles. The second kappa shape index (κ2) is 5.16. The first-order valence-corrected chi connectivity index (χ1v) is 6.41. The number of aromatic nitrogens is 6. The molecule has 0 aliphatic heterocycles. The molecular weight excluding hydrogens is 258 g/mol. The predicted octanol–water partition coefficient (Wildman–Crippen LogP) is 0.494. The molecule has 20 heavy (non-hydrogen) atoms. The van der Waals surface area contributed by atoms with E-state index in [0.29, 0.717) is 12.2 Å². The summed E-state index contributed by atoms with van der Waals surface area (Å²) in [7, 11) is 0. The van der Waals surface area contributed by atoms with Crippen LogP contribution in [0.25, 0.3) is 5.52 Å². The number of nitrogens with one attached hydrogen (secondary N) is 3. The van der Waals surface area contributed by atoms with Crippen LogP contribution in [0.4, 0.5) is 5.82 Å². The summed E-state index contributed by atoms with van der Waals surface area (Å²) < 4.78 is 1.80. The minimum Gasteiger partial charge on any atom is -0.368 e. The molecular formula is C12H15N7O. The summed E-state index contributed by atoms with van der Waals surface area (Å²) in [5.41, 5.74) is 1.64. The predicted molar refractivity (Wildman–Crippen MR) is 73.7 cm³/mol. The number of hydrogen-bond donors (Lipinski definition) is 3. The van der Waals surface area contributed by atoms with Crippen molar-refractivity contribution in [3.05, 3.63) is 40.5 Å². The Hall–Kier alpha value is -2.64. The molecule has 0 atom stereocenters. The Morgan fingerprint density at radius 3 is 3.15 bits per heavy atom. The molecule has 8 nitrogen and oxygen atoms in total. The van der Waals surface area contributed by atoms with E-state index >= 15 is 0 Å². The quantitative estimate of drug-likeness (QED) is 0.587. The largest absolute Gasteiger partial charge is 0.368 e. The number of aryl methyl sites for hydroxylation is 2. The van der Waals surface area contributed by atoms with Crippen LogP contribution in [0.2, 0.25) is 0 Å². The van der Waals surface area contributed by atoms with Gasteiger partial charge in [0.15, 0.2) is 5.82 Å². The summed E-state index contributed by atoms with van der Waals surface area (Å²) in [6.07, 6.45) is 5.08. The first-order valence-electron chi connectivity index (χ1n) is 6.41. The molecule has 0 saturated heterocycles. The fourth-order valence-electron chi connectivity index (χ4n) is 2.07. The molecule has 3 aromatic heterocycles. The van der Waals surface area contributed by atoms with Crippen LogP contribution in [0.5, 0.6) is 0 Å². The molecule has 8 heteroatoms. The molecule has 0 aliphatic rings. The lowest BCUT2D eigenvalue weighted by Crippen LogP contribution is -2.07. The zero-order valence-corrected chi connectivity index (χ0v) is 11.1. The zero-order chi connectivity index (χ0) is 13.9. The molecule has 0 aromatic carbocycles. The van der Waals surface area contributed by atoms with Gasteiger partial charge in [-0.1, -0.05) is 0 Å². The monoisotopic (exact) mass is 273 g/mol. The van der Waals surface area contributed by atoms with Gasteiger partial charge in [-0.2, -0.15) is 10.2 Å². The van der Waals surface area contributed by atoms with Gasteiger partial charge in [0.25, 0.3) is 0 Å². The van der Waals surface area contributed by atoms with Crippen LogP contribution in [0, 0.1) is 6.92 Å². The molecule has 3 N–H and O–H groups in total. The van der Waals surface area contributed by atoms with Crippen LogP contribution in [0.15, 0.2) is 23.3 Å². The number of anilines is 1. The normalized spacial score (nSPS) is 11.1. The maximum Gasteiger partial charge on any atom is 0.340 e. The van der Waals surface area contributed by atoms with Gasteiger partial charge in [-0.3, -0.25) is 4.98 Å². The van der Waals surface area contributed by atoms with Crippen LogP contribution in [0.1, 0.15) is 17.9 Å². The highest BCUT2D eigenvalue weighted by molar-refractivity contribution is 5.67. The number of H-pyrrole nitrogens is 2. The van der Waals surface area contributed by atoms with E-state index in [9.17, 15) is 4.79 Å². The Kier molecular flexibility index (Phi) is 3.20. The third-order valence-corrected chi connectivity index (χ3v) is 2.95. The van der Waals surface area contributed by atoms with E-state index in [1.807, 2.05) is 19.2 Å². The first-order chi connectivity index (χ1) is 9.72. The van der Waals surface area contributed by atoms with E-state index in [0.717, 1.165) is 30.0 Å². The van der Waals surface area contributed by atoms with E-state index < -0.39 is 0 Å². The van der Waals surface area contributed by atoms with E-state index in [1.54, 1.807) is 10.7 Å². The van der Waals surface area contributed by atoms with E-state index in [2.05, 4.69) is 30.6 Å². The fraction of sp³-hybridized carbons (Fsp3) is 0.333. The van der Waals surface area contributed by atoms with Crippen LogP contribution < -0.4 is 11.0 Å². The second-order valence-electron chi connectivity index (χ2n) is 4.55. The molecule has 0 spiro atoms. The number of aromatic amines is 2. The van der Waals surface area contributed by atoms with Crippen molar-refractivity contribution in [2.45, 2.75) is 19.8 Å². The SMILES string of the molecule is Cc1cc2c(NCCCc3n[nH]c(=O)[nH]3)nccn2n1. The Bertz CT molecular complexity index is 769. The number of hydrogen-bond acceptors (Lipinski definition) is 5. The van der Waals surface area contributed by atoms with Gasteiger partial charge in [0.05, 0.1) is 5.69 Å². The number of rotatable bonds is 5. The summed E-state index contributed by atoms with van der Waals surface area (Å²) in [4.78, 5) is 17.8. The first kappa shape index (κ1) is 12.4. The minimum absolute atomic E-state index is 0.269. The Balaban J connectivity index is 1.61. The van der Waals surface area contributed by atoms with Gasteiger partial charge in [-0.25, -0.2) is 19.4 Å². The Labute approximate surface area is 114 Å². The van der Waals surface area contributed by atoms with Crippen molar-refractivity contribution >= 4 is 11.3 Å². The van der Waals surface area contributed by atoms with Gasteiger partial charge in [-0.05, 0) is 19.4 Å². The lowest BCUT2D eigenvalue weighted by Gasteiger charge is -2.05. The maximum absolute atomic E-state index is 10.9. The van der Waals surface area contributed by atoms with Crippen molar-refractivity contribution in [2.75, 3.05) is 11.9 Å². The third kappa shape index (κ3) is 2.53. The van der Waals surface area contributed by atoms with E-state index in [-0.39, 0.29) is 5.69 Å².